The van der Waals surface area contributed by atoms with E-state index in [2.05, 4.69) is 21.3 Å². The number of aldehydes is 1. The summed E-state index contributed by atoms with van der Waals surface area (Å²) < 4.78 is 12.2. The Bertz CT molecular complexity index is 2170. The van der Waals surface area contributed by atoms with Crippen LogP contribution in [0.1, 0.15) is 119 Å². The molecule has 0 saturated carbocycles. The maximum Gasteiger partial charge on any atom is 0.248 e. The van der Waals surface area contributed by atoms with Gasteiger partial charge in [-0.3, -0.25) is 38.9 Å². The predicted octanol–water partition coefficient (Wildman–Crippen LogP) is 2.71. The molecule has 7 amide bonds. The Balaban J connectivity index is 1.81. The van der Waals surface area contributed by atoms with Crippen LogP contribution in [0.15, 0.2) is 24.3 Å². The lowest BCUT2D eigenvalue weighted by Crippen LogP contribution is -2.64. The van der Waals surface area contributed by atoms with Gasteiger partial charge in [0.1, 0.15) is 54.4 Å². The number of hydrogen-bond acceptors (Lipinski definition) is 14. The van der Waals surface area contributed by atoms with Gasteiger partial charge in [-0.2, -0.15) is 11.8 Å². The third-order valence-electron chi connectivity index (χ3n) is 14.9. The number of epoxide rings is 1. The summed E-state index contributed by atoms with van der Waals surface area (Å²) in [6, 6.07) is 1.82. The fourth-order valence-electron chi connectivity index (χ4n) is 9.96. The highest BCUT2D eigenvalue weighted by molar-refractivity contribution is 7.99. The molecule has 0 aromatic heterocycles. The number of amides is 7. The second-order valence-electron chi connectivity index (χ2n) is 23.4. The van der Waals surface area contributed by atoms with Gasteiger partial charge in [0.2, 0.25) is 41.4 Å². The number of thioether (sulfide) groups is 1. The van der Waals surface area contributed by atoms with Gasteiger partial charge in [0.15, 0.2) is 0 Å². The second-order valence-corrected chi connectivity index (χ2v) is 24.5. The van der Waals surface area contributed by atoms with Gasteiger partial charge in [-0.25, -0.2) is 0 Å². The zero-order chi connectivity index (χ0) is 57.5. The number of carbonyl (C=O) groups is 8. The van der Waals surface area contributed by atoms with Crippen LogP contribution in [0.2, 0.25) is 0 Å². The Morgan fingerprint density at radius 2 is 1.56 bits per heavy atom. The van der Waals surface area contributed by atoms with Crippen molar-refractivity contribution in [3.8, 4) is 0 Å². The molecule has 434 valence electrons. The van der Waals surface area contributed by atoms with Crippen LogP contribution >= 0.6 is 11.8 Å². The third kappa shape index (κ3) is 18.7. The number of likely N-dealkylation sites (tertiary alicyclic amines) is 1. The lowest BCUT2D eigenvalue weighted by Gasteiger charge is -2.41. The van der Waals surface area contributed by atoms with Crippen LogP contribution < -0.4 is 21.3 Å². The molecule has 0 bridgehead atoms. The number of likely N-dealkylation sites (N-methyl/N-ethyl adjacent to an activating group) is 3. The molecule has 3 aliphatic heterocycles. The van der Waals surface area contributed by atoms with Crippen molar-refractivity contribution in [1.82, 2.24) is 45.8 Å². The highest BCUT2D eigenvalue weighted by Crippen LogP contribution is 2.27. The van der Waals surface area contributed by atoms with Crippen LogP contribution in [0, 0.1) is 24.7 Å². The first kappa shape index (κ1) is 64.9. The summed E-state index contributed by atoms with van der Waals surface area (Å²) in [7, 11) is 4.35. The lowest BCUT2D eigenvalue weighted by molar-refractivity contribution is -0.149. The van der Waals surface area contributed by atoms with Crippen molar-refractivity contribution in [2.45, 2.75) is 181 Å². The van der Waals surface area contributed by atoms with E-state index in [1.54, 1.807) is 11.9 Å². The molecule has 0 radical (unpaired) electrons. The van der Waals surface area contributed by atoms with Gasteiger partial charge in [-0.15, -0.1) is 0 Å². The molecule has 4 rings (SSSR count). The van der Waals surface area contributed by atoms with E-state index in [4.69, 9.17) is 9.47 Å². The molecule has 77 heavy (non-hydrogen) atoms. The van der Waals surface area contributed by atoms with E-state index in [0.717, 1.165) is 35.3 Å². The Labute approximate surface area is 462 Å². The second kappa shape index (κ2) is 29.5. The smallest absolute Gasteiger partial charge is 0.248 e. The zero-order valence-electron chi connectivity index (χ0n) is 48.5. The van der Waals surface area contributed by atoms with Crippen molar-refractivity contribution in [1.29, 1.82) is 0 Å². The fraction of sp³-hybridized carbons (Fsp3) is 0.750. The van der Waals surface area contributed by atoms with Gasteiger partial charge in [0, 0.05) is 58.8 Å². The number of ether oxygens (including phenoxy) is 2. The molecular weight excluding hydrogens is 1010 g/mol. The van der Waals surface area contributed by atoms with Crippen molar-refractivity contribution >= 4 is 59.4 Å². The summed E-state index contributed by atoms with van der Waals surface area (Å²) in [5.74, 6) is -3.72. The average Bonchev–Trinajstić information content (AvgIpc) is 4.14. The van der Waals surface area contributed by atoms with Crippen molar-refractivity contribution in [3.05, 3.63) is 35.4 Å². The van der Waals surface area contributed by atoms with Crippen LogP contribution in [0.25, 0.3) is 0 Å². The van der Waals surface area contributed by atoms with E-state index in [9.17, 15) is 43.5 Å². The molecule has 1 aromatic rings. The topological polar surface area (TPSA) is 243 Å². The van der Waals surface area contributed by atoms with E-state index in [1.807, 2.05) is 93.5 Å². The first-order valence-electron chi connectivity index (χ1n) is 27.6. The van der Waals surface area contributed by atoms with E-state index in [0.29, 0.717) is 31.5 Å². The quantitative estimate of drug-likeness (QED) is 0.141. The van der Waals surface area contributed by atoms with Crippen molar-refractivity contribution in [2.75, 3.05) is 72.0 Å². The molecule has 3 heterocycles. The highest BCUT2D eigenvalue weighted by atomic mass is 32.2. The minimum atomic E-state index is -1.57. The molecule has 10 atom stereocenters. The first-order valence-corrected chi connectivity index (χ1v) is 28.8. The van der Waals surface area contributed by atoms with Crippen molar-refractivity contribution < 1.29 is 52.9 Å². The van der Waals surface area contributed by atoms with E-state index in [-0.39, 0.29) is 74.6 Å². The standard InChI is InChI=1S/C56H93N9O11S/c1-15-37(6)48-50(71)59-42(53(73)64-23-19-16-20-24-64)31-77-32-44-51(76-44)57-27-45(68)65(28-40-22-18-17-21-38(40)7)43(25-35(2)3)49(70)60-47(39(8)67)54(74)61(12)29-46(69)63(14)56(34-66,26-36(4)5)33-58-41(52(72)62(48)13)30-75-55(9,10)11/h17-18,21-22,34-37,39,41-44,47-48,51,57-58,67H,15-16,19-20,23-33H2,1-14H3,(H,59,71)(H,60,70)/t37-,39+,41-,42-,43-,44?,47-,48-,51?,56+/m0/s1. The Morgan fingerprint density at radius 1 is 0.896 bits per heavy atom. The Morgan fingerprint density at radius 3 is 2.14 bits per heavy atom. The van der Waals surface area contributed by atoms with Gasteiger partial charge in [-0.1, -0.05) is 72.2 Å². The maximum atomic E-state index is 14.9. The lowest BCUT2D eigenvalue weighted by atomic mass is 9.88. The molecule has 1 aromatic carbocycles. The number of benzene rings is 1. The van der Waals surface area contributed by atoms with Crippen LogP contribution in [0.4, 0.5) is 0 Å². The average molecular weight is 1100 g/mol. The third-order valence-corrected chi connectivity index (χ3v) is 16.0. The minimum Gasteiger partial charge on any atom is -0.391 e. The van der Waals surface area contributed by atoms with E-state index >= 15 is 0 Å². The van der Waals surface area contributed by atoms with Crippen LogP contribution in [0.3, 0.4) is 0 Å². The van der Waals surface area contributed by atoms with Crippen molar-refractivity contribution in [2.24, 2.45) is 17.8 Å². The minimum absolute atomic E-state index is 0.0604. The number of nitrogens with zero attached hydrogens (tertiary/aromatic N) is 5. The molecular formula is C56H93N9O11S. The monoisotopic (exact) mass is 1100 g/mol. The molecule has 20 nitrogen and oxygen atoms in total. The van der Waals surface area contributed by atoms with Crippen LogP contribution in [-0.2, 0) is 54.4 Å². The number of aryl methyl sites for hydroxylation is 1. The highest BCUT2D eigenvalue weighted by Gasteiger charge is 2.44. The number of piperidine rings is 1. The number of aliphatic hydroxyl groups excluding tert-OH is 1. The normalized spacial score (nSPS) is 27.9. The molecule has 21 heteroatoms. The van der Waals surface area contributed by atoms with Gasteiger partial charge in [-0.05, 0) is 95.6 Å². The summed E-state index contributed by atoms with van der Waals surface area (Å²) in [5.41, 5.74) is -0.570. The SMILES string of the molecule is CC[C@H](C)[C@H]1C(=O)N[C@H](C(=O)N2CCCCC2)CSCC2OC2NCC(=O)N(Cc2ccccc2C)[C@@H](CC(C)C)C(=O)N[C@@H]([C@@H](C)O)C(=O)N(C)CC(=O)N(C)[C@](C=O)(CC(C)C)CN[C@@H](COC(C)(C)C)C(=O)N1C. The summed E-state index contributed by atoms with van der Waals surface area (Å²) in [5, 5.41) is 23.4. The summed E-state index contributed by atoms with van der Waals surface area (Å²) >= 11 is 1.43. The molecule has 0 spiro atoms. The predicted molar refractivity (Wildman–Crippen MR) is 297 cm³/mol. The number of hydrogen-bond donors (Lipinski definition) is 5. The number of rotatable bonds is 13. The van der Waals surface area contributed by atoms with Gasteiger partial charge in [0.25, 0.3) is 0 Å². The molecule has 2 unspecified atom stereocenters. The fourth-order valence-corrected chi connectivity index (χ4v) is 11.0. The molecule has 3 aliphatic rings. The molecule has 5 N–H and O–H groups in total. The molecule has 0 aliphatic carbocycles. The largest absolute Gasteiger partial charge is 0.391 e. The van der Waals surface area contributed by atoms with Gasteiger partial charge in [0.05, 0.1) is 31.4 Å². The Kier molecular flexibility index (Phi) is 24.9. The van der Waals surface area contributed by atoms with Gasteiger partial charge >= 0.3 is 0 Å². The first-order chi connectivity index (χ1) is 36.1. The van der Waals surface area contributed by atoms with Crippen LogP contribution in [-0.4, -0.2) is 209 Å². The zero-order valence-corrected chi connectivity index (χ0v) is 49.3. The van der Waals surface area contributed by atoms with E-state index in [1.165, 1.54) is 47.5 Å². The maximum absolute atomic E-state index is 14.9. The van der Waals surface area contributed by atoms with Gasteiger partial charge < -0.3 is 59.8 Å². The number of nitrogens with one attached hydrogen (secondary N) is 4. The summed E-state index contributed by atoms with van der Waals surface area (Å²) in [6.07, 6.45) is 1.92. The Hall–Kier alpha value is -4.67. The number of fused-ring (bicyclic) bond motifs is 1. The van der Waals surface area contributed by atoms with Crippen molar-refractivity contribution in [3.63, 3.8) is 0 Å². The van der Waals surface area contributed by atoms with E-state index < -0.39 is 95.7 Å². The number of carbonyl (C=O) groups excluding carboxylic acids is 8. The summed E-state index contributed by atoms with van der Waals surface area (Å²) in [6.45, 7) is 20.2. The summed E-state index contributed by atoms with van der Waals surface area (Å²) in [4.78, 5) is 122. The van der Waals surface area contributed by atoms with Crippen LogP contribution in [0.5, 0.6) is 0 Å². The number of aliphatic hydroxyl groups is 1. The molecule has 3 fully saturated rings. The molecule has 3 saturated heterocycles.